The van der Waals surface area contributed by atoms with E-state index in [0.717, 1.165) is 19.3 Å². The van der Waals surface area contributed by atoms with E-state index in [4.69, 9.17) is 0 Å². The highest BCUT2D eigenvalue weighted by Crippen LogP contribution is 2.36. The summed E-state index contributed by atoms with van der Waals surface area (Å²) in [6, 6.07) is 5.10. The molecule has 0 radical (unpaired) electrons. The van der Waals surface area contributed by atoms with Gasteiger partial charge in [-0.15, -0.1) is 0 Å². The predicted octanol–water partition coefficient (Wildman–Crippen LogP) is 4.59. The average molecular weight is 477 g/mol. The zero-order valence-corrected chi connectivity index (χ0v) is 17.8. The first-order valence-electron chi connectivity index (χ1n) is 9.80. The normalized spacial score (nSPS) is 13.8. The molecule has 12 heteroatoms. The molecule has 0 spiro atoms. The molecule has 0 bridgehead atoms. The molecule has 0 saturated heterocycles. The van der Waals surface area contributed by atoms with Crippen molar-refractivity contribution in [2.24, 2.45) is 0 Å². The summed E-state index contributed by atoms with van der Waals surface area (Å²) in [6.45, 7) is 0.195. The lowest BCUT2D eigenvalue weighted by Gasteiger charge is -2.20. The summed E-state index contributed by atoms with van der Waals surface area (Å²) >= 11 is 1.33. The van der Waals surface area contributed by atoms with E-state index < -0.39 is 24.3 Å². The van der Waals surface area contributed by atoms with Crippen LogP contribution in [0.3, 0.4) is 0 Å². The van der Waals surface area contributed by atoms with Crippen LogP contribution in [-0.2, 0) is 11.2 Å². The smallest absolute Gasteiger partial charge is 0.456 e. The van der Waals surface area contributed by atoms with Crippen molar-refractivity contribution >= 4 is 23.5 Å². The number of halogens is 5. The lowest BCUT2D eigenvalue weighted by Crippen LogP contribution is -2.41. The van der Waals surface area contributed by atoms with Crippen LogP contribution in [0.1, 0.15) is 31.7 Å². The van der Waals surface area contributed by atoms with Gasteiger partial charge in [0.25, 0.3) is 5.56 Å². The number of unbranched alkanes of at least 4 members (excludes halogenated alkanes) is 2. The minimum Gasteiger partial charge on any atom is -0.487 e. The summed E-state index contributed by atoms with van der Waals surface area (Å²) in [6.07, 6.45) is -2.94. The number of amides is 1. The number of carbonyl (C=O) groups excluding carboxylic acids is 1. The van der Waals surface area contributed by atoms with Crippen molar-refractivity contribution in [1.29, 1.82) is 0 Å². The number of benzene rings is 1. The van der Waals surface area contributed by atoms with Crippen LogP contribution in [0.25, 0.3) is 5.69 Å². The number of nitrogens with zero attached hydrogens (tertiary/aromatic N) is 2. The van der Waals surface area contributed by atoms with E-state index in [2.05, 4.69) is 22.0 Å². The summed E-state index contributed by atoms with van der Waals surface area (Å²) in [5, 5.41) is 2.89. The lowest BCUT2D eigenvalue weighted by molar-refractivity contribution is -0.290. The van der Waals surface area contributed by atoms with Gasteiger partial charge in [0.1, 0.15) is 11.6 Å². The Kier molecular flexibility index (Phi) is 7.11. The molecule has 0 atom stereocenters. The number of fused-ring (bicyclic) bond motifs is 1. The van der Waals surface area contributed by atoms with Gasteiger partial charge in [-0.3, -0.25) is 14.2 Å². The Labute approximate surface area is 184 Å². The topological polar surface area (TPSA) is 73.2 Å². The third-order valence-corrected chi connectivity index (χ3v) is 5.67. The molecule has 1 amide bonds. The van der Waals surface area contributed by atoms with E-state index in [0.29, 0.717) is 16.6 Å². The minimum atomic E-state index is -5.72. The molecule has 1 aliphatic rings. The monoisotopic (exact) mass is 477 g/mol. The van der Waals surface area contributed by atoms with Crippen LogP contribution in [0.5, 0.6) is 5.75 Å². The number of anilines is 1. The zero-order chi connectivity index (χ0) is 23.5. The molecule has 3 rings (SSSR count). The third-order valence-electron chi connectivity index (χ3n) is 4.65. The Hall–Kier alpha value is -2.63. The third kappa shape index (κ3) is 5.22. The largest absolute Gasteiger partial charge is 0.487 e. The molecule has 1 aromatic heterocycles. The summed E-state index contributed by atoms with van der Waals surface area (Å²) in [7, 11) is 0. The Morgan fingerprint density at radius 3 is 2.44 bits per heavy atom. The summed E-state index contributed by atoms with van der Waals surface area (Å²) in [4.78, 5) is 29.1. The Morgan fingerprint density at radius 1 is 1.12 bits per heavy atom. The van der Waals surface area contributed by atoms with Crippen molar-refractivity contribution in [2.45, 2.75) is 49.9 Å². The number of hydrogen-bond acceptors (Lipinski definition) is 5. The number of aromatic nitrogens is 2. The lowest BCUT2D eigenvalue weighted by atomic mass is 10.2. The number of carbonyl (C=O) groups is 1. The van der Waals surface area contributed by atoms with E-state index in [1.165, 1.54) is 40.6 Å². The maximum absolute atomic E-state index is 13.1. The maximum Gasteiger partial charge on any atom is 0.456 e. The van der Waals surface area contributed by atoms with Crippen LogP contribution >= 0.6 is 11.8 Å². The van der Waals surface area contributed by atoms with Crippen LogP contribution in [-0.4, -0.2) is 39.9 Å². The summed E-state index contributed by atoms with van der Waals surface area (Å²) in [5.74, 6) is -4.66. The molecule has 2 heterocycles. The van der Waals surface area contributed by atoms with Crippen molar-refractivity contribution in [3.05, 3.63) is 40.2 Å². The van der Waals surface area contributed by atoms with E-state index in [9.17, 15) is 31.5 Å². The van der Waals surface area contributed by atoms with Gasteiger partial charge in [0.15, 0.2) is 11.8 Å². The quantitative estimate of drug-likeness (QED) is 0.248. The molecule has 0 aliphatic carbocycles. The molecule has 1 aromatic carbocycles. The van der Waals surface area contributed by atoms with Gasteiger partial charge in [0, 0.05) is 5.75 Å². The van der Waals surface area contributed by atoms with Crippen LogP contribution in [0.2, 0.25) is 0 Å². The van der Waals surface area contributed by atoms with Gasteiger partial charge in [-0.05, 0) is 30.7 Å². The highest BCUT2D eigenvalue weighted by atomic mass is 32.2. The van der Waals surface area contributed by atoms with E-state index in [1.54, 1.807) is 0 Å². The van der Waals surface area contributed by atoms with Crippen molar-refractivity contribution < 1.29 is 31.5 Å². The second-order valence-corrected chi connectivity index (χ2v) is 8.19. The fraction of sp³-hybridized carbons (Fsp3) is 0.450. The van der Waals surface area contributed by atoms with Crippen LogP contribution in [0.4, 0.5) is 27.8 Å². The minimum absolute atomic E-state index is 0.115. The molecule has 32 heavy (non-hydrogen) atoms. The van der Waals surface area contributed by atoms with Gasteiger partial charge in [0.2, 0.25) is 5.91 Å². The summed E-state index contributed by atoms with van der Waals surface area (Å²) in [5.41, 5.74) is 0.0687. The molecule has 6 nitrogen and oxygen atoms in total. The molecule has 2 aromatic rings. The molecule has 174 valence electrons. The van der Waals surface area contributed by atoms with Gasteiger partial charge < -0.3 is 10.1 Å². The fourth-order valence-corrected chi connectivity index (χ4v) is 3.93. The Balaban J connectivity index is 1.87. The van der Waals surface area contributed by atoms with Gasteiger partial charge in [-0.25, -0.2) is 4.98 Å². The van der Waals surface area contributed by atoms with Crippen molar-refractivity contribution in [3.8, 4) is 11.4 Å². The zero-order valence-electron chi connectivity index (χ0n) is 17.0. The van der Waals surface area contributed by atoms with Gasteiger partial charge >= 0.3 is 12.1 Å². The van der Waals surface area contributed by atoms with Crippen molar-refractivity contribution in [1.82, 2.24) is 9.55 Å². The highest BCUT2D eigenvalue weighted by Gasteiger charge is 2.58. The number of alkyl halides is 5. The molecule has 0 fully saturated rings. The number of hydrogen-bond donors (Lipinski definition) is 1. The molecule has 0 unspecified atom stereocenters. The first kappa shape index (κ1) is 24.0. The number of thioether (sulfide) groups is 1. The molecule has 1 aliphatic heterocycles. The second kappa shape index (κ2) is 9.47. The van der Waals surface area contributed by atoms with Crippen molar-refractivity contribution in [3.63, 3.8) is 0 Å². The maximum atomic E-state index is 13.1. The predicted molar refractivity (Wildman–Crippen MR) is 109 cm³/mol. The summed E-state index contributed by atoms with van der Waals surface area (Å²) < 4.78 is 68.9. The molecule has 0 saturated carbocycles. The van der Waals surface area contributed by atoms with Crippen LogP contribution in [0.15, 0.2) is 34.2 Å². The average Bonchev–Trinajstić information content (AvgIpc) is 3.10. The van der Waals surface area contributed by atoms with E-state index in [-0.39, 0.29) is 29.5 Å². The van der Waals surface area contributed by atoms with E-state index in [1.807, 2.05) is 0 Å². The van der Waals surface area contributed by atoms with Crippen molar-refractivity contribution in [2.75, 3.05) is 17.7 Å². The van der Waals surface area contributed by atoms with Crippen LogP contribution < -0.4 is 15.6 Å². The van der Waals surface area contributed by atoms with Gasteiger partial charge in [0.05, 0.1) is 17.7 Å². The second-order valence-electron chi connectivity index (χ2n) is 7.13. The number of rotatable bonds is 9. The molecular formula is C20H20F5N3O3S. The van der Waals surface area contributed by atoms with E-state index >= 15 is 0 Å². The fourth-order valence-electron chi connectivity index (χ4n) is 2.92. The number of nitrogens with one attached hydrogen (secondary N) is 1. The standard InChI is InChI=1S/C20H20F5N3O3S/c1-2-3-4-9-32-18-27-16-14(10-15(29)26-16)17(30)28(18)12-5-7-13(8-6-12)31-11-19(21,22)20(23,24)25/h5-8H,2-4,9-11H2,1H3,(H,26,29). The SMILES string of the molecule is CCCCCSc1nc2c(c(=O)n1-c1ccc(OCC(F)(F)C(F)(F)F)cc1)CC(=O)N2. The van der Waals surface area contributed by atoms with Gasteiger partial charge in [-0.2, -0.15) is 22.0 Å². The Bertz CT molecular complexity index is 1040. The molecule has 1 N–H and O–H groups in total. The number of ether oxygens (including phenoxy) is 1. The van der Waals surface area contributed by atoms with Gasteiger partial charge in [-0.1, -0.05) is 31.5 Å². The first-order chi connectivity index (χ1) is 15.0. The molecular weight excluding hydrogens is 457 g/mol. The Morgan fingerprint density at radius 2 is 1.81 bits per heavy atom. The highest BCUT2D eigenvalue weighted by molar-refractivity contribution is 7.99. The van der Waals surface area contributed by atoms with Crippen LogP contribution in [0, 0.1) is 0 Å². The first-order valence-corrected chi connectivity index (χ1v) is 10.8.